The zero-order valence-corrected chi connectivity index (χ0v) is 36.7. The third kappa shape index (κ3) is 20.1. The van der Waals surface area contributed by atoms with E-state index in [1.54, 1.807) is 0 Å². The van der Waals surface area contributed by atoms with E-state index in [0.717, 1.165) is 32.4 Å². The second-order valence-corrected chi connectivity index (χ2v) is 17.0. The molecule has 5 heteroatoms. The topological polar surface area (TPSA) is 45.1 Å². The minimum Gasteiger partial charge on any atom is -0.463 e. The van der Waals surface area contributed by atoms with E-state index in [-0.39, 0.29) is 11.5 Å². The summed E-state index contributed by atoms with van der Waals surface area (Å²) in [6, 6.07) is 0. The van der Waals surface area contributed by atoms with Gasteiger partial charge in [0.05, 0.1) is 12.1 Å². The normalized spacial score (nSPS) is 19.0. The van der Waals surface area contributed by atoms with Crippen LogP contribution in [0.4, 0.5) is 0 Å². The van der Waals surface area contributed by atoms with Crippen LogP contribution in [0.1, 0.15) is 233 Å². The molecular weight excluding hydrogens is 663 g/mol. The molecule has 0 amide bonds. The second-order valence-electron chi connectivity index (χ2n) is 17.0. The minimum atomic E-state index is -0.870. The van der Waals surface area contributed by atoms with E-state index in [1.807, 2.05) is 6.92 Å². The van der Waals surface area contributed by atoms with Gasteiger partial charge in [0, 0.05) is 12.8 Å². The van der Waals surface area contributed by atoms with Crippen LogP contribution in [-0.4, -0.2) is 66.0 Å². The van der Waals surface area contributed by atoms with Crippen LogP contribution in [0.5, 0.6) is 0 Å². The highest BCUT2D eigenvalue weighted by Gasteiger charge is 2.55. The van der Waals surface area contributed by atoms with Crippen molar-refractivity contribution in [1.82, 2.24) is 9.80 Å². The molecule has 1 saturated heterocycles. The maximum absolute atomic E-state index is 13.7. The molecule has 0 radical (unpaired) electrons. The van der Waals surface area contributed by atoms with Gasteiger partial charge in [-0.05, 0) is 116 Å². The van der Waals surface area contributed by atoms with Gasteiger partial charge in [0.25, 0.3) is 0 Å². The van der Waals surface area contributed by atoms with Gasteiger partial charge in [0.2, 0.25) is 5.66 Å². The molecule has 0 aromatic rings. The number of esters is 1. The molecule has 54 heavy (non-hydrogen) atoms. The number of hydrogen-bond acceptors (Lipinski definition) is 5. The fourth-order valence-electron chi connectivity index (χ4n) is 8.96. The highest BCUT2D eigenvalue weighted by atomic mass is 16.5. The third-order valence-corrected chi connectivity index (χ3v) is 12.4. The van der Waals surface area contributed by atoms with Crippen molar-refractivity contribution < 1.29 is 9.53 Å². The van der Waals surface area contributed by atoms with E-state index in [2.05, 4.69) is 61.1 Å². The van der Waals surface area contributed by atoms with Gasteiger partial charge in [0.15, 0.2) is 0 Å². The number of ether oxygens (including phenoxy) is 1. The van der Waals surface area contributed by atoms with Crippen molar-refractivity contribution in [3.05, 3.63) is 24.3 Å². The highest BCUT2D eigenvalue weighted by Crippen LogP contribution is 2.42. The molecule has 0 aromatic carbocycles. The summed E-state index contributed by atoms with van der Waals surface area (Å²) in [7, 11) is 0. The molecule has 0 bridgehead atoms. The summed E-state index contributed by atoms with van der Waals surface area (Å²) in [4.78, 5) is 24.1. The first-order chi connectivity index (χ1) is 26.6. The molecule has 314 valence electrons. The minimum absolute atomic E-state index is 0.138. The Morgan fingerprint density at radius 1 is 0.574 bits per heavy atom. The number of unbranched alkanes of at least 4 members (excludes halogenated alkanes) is 22. The van der Waals surface area contributed by atoms with E-state index in [9.17, 15) is 4.79 Å². The first kappa shape index (κ1) is 48.7. The van der Waals surface area contributed by atoms with Crippen LogP contribution in [0.15, 0.2) is 29.3 Å². The standard InChI is InChI=1S/C49H91N3O2/c1-5-9-11-13-15-17-19-21-23-25-27-29-31-33-35-40-48(41-36-34-32-30-28-26-24-22-20-18-16-14-12-10-6-2)46-50-49(7-3,47(53)54-8-4)52(48)45-39-44-51-42-37-38-43-51/h21-24,46H,5-20,25-45H2,1-4H3/b23-21-,24-22-. The van der Waals surface area contributed by atoms with Gasteiger partial charge >= 0.3 is 5.97 Å². The van der Waals surface area contributed by atoms with Crippen LogP contribution < -0.4 is 0 Å². The zero-order valence-electron chi connectivity index (χ0n) is 36.7. The fraction of sp³-hybridized carbons (Fsp3) is 0.878. The molecule has 1 atom stereocenters. The molecule has 2 aliphatic rings. The average molecular weight is 754 g/mol. The summed E-state index contributed by atoms with van der Waals surface area (Å²) >= 11 is 0. The monoisotopic (exact) mass is 754 g/mol. The number of carbonyl (C=O) groups excluding carboxylic acids is 1. The smallest absolute Gasteiger partial charge is 0.349 e. The second kappa shape index (κ2) is 32.6. The molecule has 2 aliphatic heterocycles. The molecule has 0 aliphatic carbocycles. The summed E-state index contributed by atoms with van der Waals surface area (Å²) in [5.41, 5.74) is -1.02. The van der Waals surface area contributed by atoms with Gasteiger partial charge in [0.1, 0.15) is 0 Å². The van der Waals surface area contributed by atoms with Crippen LogP contribution in [0.25, 0.3) is 0 Å². The van der Waals surface area contributed by atoms with Crippen LogP contribution in [0.2, 0.25) is 0 Å². The SMILES string of the molecule is CCCCCCCC/C=C\CCCCCCCC1(CCCCCCC/C=C\CCCCCCCC)C=NC(CC)(C(=O)OCC)N1CCCN1CCCC1. The largest absolute Gasteiger partial charge is 0.463 e. The molecule has 0 saturated carbocycles. The maximum atomic E-state index is 13.7. The van der Waals surface area contributed by atoms with Crippen molar-refractivity contribution in [3.63, 3.8) is 0 Å². The Morgan fingerprint density at radius 2 is 1.00 bits per heavy atom. The average Bonchev–Trinajstić information content (AvgIpc) is 3.82. The van der Waals surface area contributed by atoms with Crippen molar-refractivity contribution in [2.75, 3.05) is 32.8 Å². The number of allylic oxidation sites excluding steroid dienone is 4. The van der Waals surface area contributed by atoms with Crippen LogP contribution in [0, 0.1) is 0 Å². The first-order valence-corrected chi connectivity index (χ1v) is 24.1. The van der Waals surface area contributed by atoms with Gasteiger partial charge in [-0.3, -0.25) is 9.89 Å². The molecule has 1 unspecified atom stereocenters. The van der Waals surface area contributed by atoms with Crippen LogP contribution in [0.3, 0.4) is 0 Å². The van der Waals surface area contributed by atoms with Crippen LogP contribution >= 0.6 is 0 Å². The van der Waals surface area contributed by atoms with E-state index in [0.29, 0.717) is 13.0 Å². The lowest BCUT2D eigenvalue weighted by Gasteiger charge is -2.45. The van der Waals surface area contributed by atoms with Gasteiger partial charge in [-0.15, -0.1) is 0 Å². The van der Waals surface area contributed by atoms with Gasteiger partial charge < -0.3 is 9.64 Å². The fourth-order valence-corrected chi connectivity index (χ4v) is 8.96. The number of rotatable bonds is 37. The molecule has 2 rings (SSSR count). The Balaban J connectivity index is 1.88. The Labute approximate surface area is 337 Å². The lowest BCUT2D eigenvalue weighted by molar-refractivity contribution is -0.160. The lowest BCUT2D eigenvalue weighted by Crippen LogP contribution is -2.60. The predicted octanol–water partition coefficient (Wildman–Crippen LogP) is 14.3. The molecular formula is C49H91N3O2. The zero-order chi connectivity index (χ0) is 38.8. The number of nitrogens with zero attached hydrogens (tertiary/aromatic N) is 3. The van der Waals surface area contributed by atoms with Crippen LogP contribution in [-0.2, 0) is 9.53 Å². The number of aliphatic imine (C=N–C) groups is 1. The molecule has 0 spiro atoms. The lowest BCUT2D eigenvalue weighted by atomic mass is 9.84. The van der Waals surface area contributed by atoms with Crippen molar-refractivity contribution in [1.29, 1.82) is 0 Å². The van der Waals surface area contributed by atoms with Gasteiger partial charge in [-0.25, -0.2) is 4.79 Å². The Hall–Kier alpha value is -1.46. The molecule has 0 N–H and O–H groups in total. The van der Waals surface area contributed by atoms with E-state index < -0.39 is 5.66 Å². The summed E-state index contributed by atoms with van der Waals surface area (Å²) < 4.78 is 5.77. The van der Waals surface area contributed by atoms with Crippen molar-refractivity contribution in [2.45, 2.75) is 244 Å². The summed E-state index contributed by atoms with van der Waals surface area (Å²) in [5.74, 6) is -0.138. The van der Waals surface area contributed by atoms with Crippen molar-refractivity contribution in [3.8, 4) is 0 Å². The summed E-state index contributed by atoms with van der Waals surface area (Å²) in [6.07, 6.45) is 52.9. The Kier molecular flexibility index (Phi) is 29.4. The van der Waals surface area contributed by atoms with E-state index in [1.165, 1.54) is 193 Å². The molecule has 5 nitrogen and oxygen atoms in total. The summed E-state index contributed by atoms with van der Waals surface area (Å²) in [5, 5.41) is 0. The number of hydrogen-bond donors (Lipinski definition) is 0. The Bertz CT molecular complexity index is 930. The van der Waals surface area contributed by atoms with E-state index >= 15 is 0 Å². The highest BCUT2D eigenvalue weighted by molar-refractivity contribution is 5.88. The maximum Gasteiger partial charge on any atom is 0.349 e. The van der Waals surface area contributed by atoms with Gasteiger partial charge in [-0.1, -0.05) is 161 Å². The number of carbonyl (C=O) groups is 1. The Morgan fingerprint density at radius 3 is 1.43 bits per heavy atom. The third-order valence-electron chi connectivity index (χ3n) is 12.4. The van der Waals surface area contributed by atoms with Crippen molar-refractivity contribution in [2.24, 2.45) is 4.99 Å². The first-order valence-electron chi connectivity index (χ1n) is 24.1. The van der Waals surface area contributed by atoms with E-state index in [4.69, 9.17) is 9.73 Å². The quantitative estimate of drug-likeness (QED) is 0.0360. The predicted molar refractivity (Wildman–Crippen MR) is 237 cm³/mol. The number of likely N-dealkylation sites (tertiary alicyclic amines) is 1. The summed E-state index contributed by atoms with van der Waals surface area (Å²) in [6.45, 7) is 13.6. The van der Waals surface area contributed by atoms with Crippen molar-refractivity contribution >= 4 is 12.2 Å². The molecule has 0 aromatic heterocycles. The van der Waals surface area contributed by atoms with Gasteiger partial charge in [-0.2, -0.15) is 0 Å². The molecule has 1 fully saturated rings. The molecule has 2 heterocycles.